The Hall–Kier alpha value is -1.09. The predicted octanol–water partition coefficient (Wildman–Crippen LogP) is 2.95. The summed E-state index contributed by atoms with van der Waals surface area (Å²) in [5.41, 5.74) is 7.16. The van der Waals surface area contributed by atoms with Gasteiger partial charge in [0.05, 0.1) is 5.69 Å². The molecule has 3 heteroatoms. The van der Waals surface area contributed by atoms with Crippen molar-refractivity contribution < 1.29 is 4.39 Å². The zero-order valence-electron chi connectivity index (χ0n) is 10.9. The first-order chi connectivity index (χ1) is 8.22. The number of nitrogens with two attached hydrogens (primary N) is 1. The fraction of sp³-hybridized carbons (Fsp3) is 0.571. The summed E-state index contributed by atoms with van der Waals surface area (Å²) in [7, 11) is 0. The molecule has 17 heavy (non-hydrogen) atoms. The Morgan fingerprint density at radius 1 is 1.18 bits per heavy atom. The van der Waals surface area contributed by atoms with E-state index in [2.05, 4.69) is 18.7 Å². The van der Waals surface area contributed by atoms with E-state index in [1.54, 1.807) is 6.07 Å². The van der Waals surface area contributed by atoms with Gasteiger partial charge in [0.25, 0.3) is 0 Å². The average Bonchev–Trinajstić information content (AvgIpc) is 2.29. The van der Waals surface area contributed by atoms with Gasteiger partial charge in [-0.25, -0.2) is 4.39 Å². The predicted molar refractivity (Wildman–Crippen MR) is 72.0 cm³/mol. The molecule has 0 aliphatic carbocycles. The van der Waals surface area contributed by atoms with Crippen LogP contribution in [0, 0.1) is 5.82 Å². The minimum Gasteiger partial charge on any atom is -0.369 e. The van der Waals surface area contributed by atoms with E-state index in [4.69, 9.17) is 5.73 Å². The lowest BCUT2D eigenvalue weighted by Crippen LogP contribution is -2.25. The number of nitrogens with zero attached hydrogens (tertiary/aromatic N) is 1. The maximum Gasteiger partial charge on any atom is 0.146 e. The van der Waals surface area contributed by atoms with Gasteiger partial charge in [-0.3, -0.25) is 0 Å². The molecule has 1 aromatic carbocycles. The molecule has 2 nitrogen and oxygen atoms in total. The van der Waals surface area contributed by atoms with Crippen molar-refractivity contribution in [1.29, 1.82) is 0 Å². The molecule has 2 N–H and O–H groups in total. The van der Waals surface area contributed by atoms with Gasteiger partial charge < -0.3 is 10.6 Å². The van der Waals surface area contributed by atoms with Crippen LogP contribution in [0.4, 0.5) is 10.1 Å². The largest absolute Gasteiger partial charge is 0.369 e. The van der Waals surface area contributed by atoms with Gasteiger partial charge in [0.15, 0.2) is 0 Å². The monoisotopic (exact) mass is 238 g/mol. The van der Waals surface area contributed by atoms with Gasteiger partial charge in [0.2, 0.25) is 0 Å². The van der Waals surface area contributed by atoms with Gasteiger partial charge in [-0.2, -0.15) is 0 Å². The fourth-order valence-corrected chi connectivity index (χ4v) is 2.02. The smallest absolute Gasteiger partial charge is 0.146 e. The lowest BCUT2D eigenvalue weighted by Gasteiger charge is -2.24. The summed E-state index contributed by atoms with van der Waals surface area (Å²) in [6, 6.07) is 5.47. The summed E-state index contributed by atoms with van der Waals surface area (Å²) in [6.45, 7) is 6.60. The van der Waals surface area contributed by atoms with Crippen LogP contribution in [0.15, 0.2) is 18.2 Å². The number of anilines is 1. The molecule has 0 unspecified atom stereocenters. The highest BCUT2D eigenvalue weighted by Gasteiger charge is 2.10. The van der Waals surface area contributed by atoms with Crippen LogP contribution >= 0.6 is 0 Å². The van der Waals surface area contributed by atoms with E-state index in [1.165, 1.54) is 0 Å². The Balaban J connectivity index is 2.87. The number of rotatable bonds is 7. The van der Waals surface area contributed by atoms with Crippen LogP contribution in [0.5, 0.6) is 0 Å². The minimum absolute atomic E-state index is 0.127. The van der Waals surface area contributed by atoms with E-state index in [-0.39, 0.29) is 5.82 Å². The second-order valence-corrected chi connectivity index (χ2v) is 4.31. The van der Waals surface area contributed by atoms with Crippen molar-refractivity contribution in [2.24, 2.45) is 5.73 Å². The topological polar surface area (TPSA) is 29.3 Å². The molecule has 0 atom stereocenters. The first-order valence-corrected chi connectivity index (χ1v) is 6.46. The van der Waals surface area contributed by atoms with Crippen molar-refractivity contribution in [2.75, 3.05) is 24.5 Å². The van der Waals surface area contributed by atoms with Gasteiger partial charge in [-0.15, -0.1) is 0 Å². The normalized spacial score (nSPS) is 10.6. The minimum atomic E-state index is -0.127. The van der Waals surface area contributed by atoms with Crippen molar-refractivity contribution >= 4 is 5.69 Å². The van der Waals surface area contributed by atoms with Gasteiger partial charge in [-0.1, -0.05) is 19.9 Å². The van der Waals surface area contributed by atoms with Crippen LogP contribution in [0.2, 0.25) is 0 Å². The van der Waals surface area contributed by atoms with Crippen LogP contribution < -0.4 is 10.6 Å². The van der Waals surface area contributed by atoms with E-state index in [0.717, 1.165) is 43.6 Å². The van der Waals surface area contributed by atoms with E-state index in [0.29, 0.717) is 6.54 Å². The summed E-state index contributed by atoms with van der Waals surface area (Å²) < 4.78 is 14.0. The van der Waals surface area contributed by atoms with E-state index in [1.807, 2.05) is 12.1 Å². The lowest BCUT2D eigenvalue weighted by atomic mass is 10.1. The number of benzene rings is 1. The third-order valence-corrected chi connectivity index (χ3v) is 2.77. The molecular weight excluding hydrogens is 215 g/mol. The Morgan fingerprint density at radius 3 is 2.29 bits per heavy atom. The summed E-state index contributed by atoms with van der Waals surface area (Å²) in [4.78, 5) is 2.11. The molecular formula is C14H23FN2. The van der Waals surface area contributed by atoms with Gasteiger partial charge in [0.1, 0.15) is 5.82 Å². The first kappa shape index (κ1) is 14.0. The molecule has 0 saturated heterocycles. The van der Waals surface area contributed by atoms with Crippen LogP contribution in [-0.4, -0.2) is 19.6 Å². The molecule has 0 amide bonds. The standard InChI is InChI=1S/C14H23FN2/c1-3-9-17(10-4-2)14-6-5-12(7-8-16)11-13(14)15/h5-6,11H,3-4,7-10,16H2,1-2H3. The highest BCUT2D eigenvalue weighted by atomic mass is 19.1. The van der Waals surface area contributed by atoms with E-state index >= 15 is 0 Å². The molecule has 0 bridgehead atoms. The highest BCUT2D eigenvalue weighted by molar-refractivity contribution is 5.49. The molecule has 1 rings (SSSR count). The van der Waals surface area contributed by atoms with E-state index in [9.17, 15) is 4.39 Å². The van der Waals surface area contributed by atoms with Crippen LogP contribution in [0.25, 0.3) is 0 Å². The summed E-state index contributed by atoms with van der Waals surface area (Å²) >= 11 is 0. The summed E-state index contributed by atoms with van der Waals surface area (Å²) in [5, 5.41) is 0. The van der Waals surface area contributed by atoms with Gasteiger partial charge in [0, 0.05) is 13.1 Å². The molecule has 0 aromatic heterocycles. The fourth-order valence-electron chi connectivity index (χ4n) is 2.02. The molecule has 0 radical (unpaired) electrons. The zero-order chi connectivity index (χ0) is 12.7. The number of halogens is 1. The maximum atomic E-state index is 14.0. The Labute approximate surface area is 104 Å². The van der Waals surface area contributed by atoms with E-state index < -0.39 is 0 Å². The van der Waals surface area contributed by atoms with Crippen LogP contribution in [0.3, 0.4) is 0 Å². The Kier molecular flexibility index (Phi) is 5.98. The summed E-state index contributed by atoms with van der Waals surface area (Å²) in [6.07, 6.45) is 2.80. The lowest BCUT2D eigenvalue weighted by molar-refractivity contribution is 0.611. The molecule has 96 valence electrons. The van der Waals surface area contributed by atoms with Crippen LogP contribution in [-0.2, 0) is 6.42 Å². The highest BCUT2D eigenvalue weighted by Crippen LogP contribution is 2.21. The molecule has 0 saturated carbocycles. The maximum absolute atomic E-state index is 14.0. The van der Waals surface area contributed by atoms with Crippen molar-refractivity contribution in [3.8, 4) is 0 Å². The zero-order valence-corrected chi connectivity index (χ0v) is 10.9. The molecule has 0 spiro atoms. The SMILES string of the molecule is CCCN(CCC)c1ccc(CCN)cc1F. The van der Waals surface area contributed by atoms with Crippen molar-refractivity contribution in [1.82, 2.24) is 0 Å². The van der Waals surface area contributed by atoms with Crippen molar-refractivity contribution in [3.63, 3.8) is 0 Å². The number of hydrogen-bond donors (Lipinski definition) is 1. The molecule has 0 aliphatic heterocycles. The second kappa shape index (κ2) is 7.28. The molecule has 0 aliphatic rings. The molecule has 0 fully saturated rings. The number of hydrogen-bond acceptors (Lipinski definition) is 2. The van der Waals surface area contributed by atoms with Crippen molar-refractivity contribution in [3.05, 3.63) is 29.6 Å². The summed E-state index contributed by atoms with van der Waals surface area (Å²) in [5.74, 6) is -0.127. The van der Waals surface area contributed by atoms with Gasteiger partial charge in [-0.05, 0) is 43.5 Å². The second-order valence-electron chi connectivity index (χ2n) is 4.31. The quantitative estimate of drug-likeness (QED) is 0.791. The molecule has 0 heterocycles. The third kappa shape index (κ3) is 4.00. The van der Waals surface area contributed by atoms with Gasteiger partial charge >= 0.3 is 0 Å². The third-order valence-electron chi connectivity index (χ3n) is 2.77. The Bertz CT molecular complexity index is 333. The Morgan fingerprint density at radius 2 is 1.82 bits per heavy atom. The molecule has 1 aromatic rings. The van der Waals surface area contributed by atoms with Crippen LogP contribution in [0.1, 0.15) is 32.3 Å². The first-order valence-electron chi connectivity index (χ1n) is 6.46. The van der Waals surface area contributed by atoms with Crippen molar-refractivity contribution in [2.45, 2.75) is 33.1 Å². The average molecular weight is 238 g/mol.